The van der Waals surface area contributed by atoms with Gasteiger partial charge in [-0.3, -0.25) is 4.79 Å². The molecule has 3 aromatic rings. The lowest BCUT2D eigenvalue weighted by atomic mass is 10.1. The molecule has 2 aromatic carbocycles. The predicted octanol–water partition coefficient (Wildman–Crippen LogP) is 4.26. The lowest BCUT2D eigenvalue weighted by molar-refractivity contribution is 0.120. The first-order valence-electron chi connectivity index (χ1n) is 6.67. The van der Waals surface area contributed by atoms with Gasteiger partial charge in [0.1, 0.15) is 5.58 Å². The zero-order valence-corrected chi connectivity index (χ0v) is 12.8. The Morgan fingerprint density at radius 2 is 1.78 bits per heavy atom. The van der Waals surface area contributed by atoms with Gasteiger partial charge in [0.15, 0.2) is 5.76 Å². The van der Waals surface area contributed by atoms with Crippen molar-refractivity contribution in [3.8, 4) is 17.1 Å². The van der Waals surface area contributed by atoms with E-state index in [-0.39, 0.29) is 11.5 Å². The number of hydrogen-bond acceptors (Lipinski definition) is 5. The number of benzene rings is 2. The number of hydrogen-bond donors (Lipinski definition) is 0. The van der Waals surface area contributed by atoms with Crippen molar-refractivity contribution < 1.29 is 18.7 Å². The van der Waals surface area contributed by atoms with Gasteiger partial charge in [0.05, 0.1) is 12.5 Å². The first-order valence-corrected chi connectivity index (χ1v) is 7.05. The zero-order valence-electron chi connectivity index (χ0n) is 12.0. The number of para-hydroxylation sites is 1. The van der Waals surface area contributed by atoms with Crippen LogP contribution in [0.4, 0.5) is 4.79 Å². The molecule has 0 aliphatic heterocycles. The normalized spacial score (nSPS) is 10.5. The summed E-state index contributed by atoms with van der Waals surface area (Å²) in [5.74, 6) is -0.0892. The summed E-state index contributed by atoms with van der Waals surface area (Å²) in [6.07, 6.45) is -0.997. The van der Waals surface area contributed by atoms with Crippen molar-refractivity contribution in [1.29, 1.82) is 0 Å². The molecule has 0 spiro atoms. The van der Waals surface area contributed by atoms with Crippen molar-refractivity contribution in [3.63, 3.8) is 0 Å². The standard InChI is InChI=1S/C17H11ClO5/c1-21-17(20)23-16-14(19)12-4-2-3-5-13(12)22-15(16)10-6-8-11(18)9-7-10/h2-9H,1H3. The highest BCUT2D eigenvalue weighted by molar-refractivity contribution is 6.30. The van der Waals surface area contributed by atoms with Gasteiger partial charge in [0.2, 0.25) is 11.2 Å². The van der Waals surface area contributed by atoms with E-state index in [1.165, 1.54) is 0 Å². The van der Waals surface area contributed by atoms with Crippen LogP contribution in [0.15, 0.2) is 57.7 Å². The number of rotatable bonds is 2. The Morgan fingerprint density at radius 1 is 1.09 bits per heavy atom. The number of methoxy groups -OCH3 is 1. The van der Waals surface area contributed by atoms with Crippen LogP contribution in [0.1, 0.15) is 0 Å². The summed E-state index contributed by atoms with van der Waals surface area (Å²) in [6.45, 7) is 0. The lowest BCUT2D eigenvalue weighted by Crippen LogP contribution is -2.15. The maximum atomic E-state index is 12.6. The second-order valence-electron chi connectivity index (χ2n) is 4.65. The highest BCUT2D eigenvalue weighted by atomic mass is 35.5. The van der Waals surface area contributed by atoms with Gasteiger partial charge in [0.25, 0.3) is 0 Å². The van der Waals surface area contributed by atoms with Crippen LogP contribution in [-0.2, 0) is 4.74 Å². The van der Waals surface area contributed by atoms with Gasteiger partial charge in [0, 0.05) is 10.6 Å². The van der Waals surface area contributed by atoms with Crippen LogP contribution in [-0.4, -0.2) is 13.3 Å². The molecule has 1 heterocycles. The van der Waals surface area contributed by atoms with Crippen molar-refractivity contribution in [3.05, 3.63) is 63.8 Å². The molecule has 116 valence electrons. The van der Waals surface area contributed by atoms with Crippen molar-refractivity contribution >= 4 is 28.7 Å². The first kappa shape index (κ1) is 15.1. The maximum Gasteiger partial charge on any atom is 0.513 e. The van der Waals surface area contributed by atoms with Crippen LogP contribution in [0.3, 0.4) is 0 Å². The van der Waals surface area contributed by atoms with E-state index in [1.54, 1.807) is 48.5 Å². The molecule has 0 saturated carbocycles. The fourth-order valence-electron chi connectivity index (χ4n) is 2.13. The van der Waals surface area contributed by atoms with Crippen molar-refractivity contribution in [2.75, 3.05) is 7.11 Å². The highest BCUT2D eigenvalue weighted by Gasteiger charge is 2.20. The Labute approximate surface area is 136 Å². The van der Waals surface area contributed by atoms with E-state index >= 15 is 0 Å². The van der Waals surface area contributed by atoms with E-state index in [0.29, 0.717) is 21.6 Å². The number of halogens is 1. The van der Waals surface area contributed by atoms with Gasteiger partial charge in [-0.25, -0.2) is 4.79 Å². The number of ether oxygens (including phenoxy) is 2. The van der Waals surface area contributed by atoms with E-state index in [4.69, 9.17) is 20.8 Å². The minimum Gasteiger partial charge on any atom is -0.452 e. The number of carbonyl (C=O) groups excluding carboxylic acids is 1. The number of carbonyl (C=O) groups is 1. The Morgan fingerprint density at radius 3 is 2.48 bits per heavy atom. The number of fused-ring (bicyclic) bond motifs is 1. The molecule has 0 fully saturated rings. The highest BCUT2D eigenvalue weighted by Crippen LogP contribution is 2.31. The molecule has 23 heavy (non-hydrogen) atoms. The van der Waals surface area contributed by atoms with Gasteiger partial charge in [-0.05, 0) is 36.4 Å². The fraction of sp³-hybridized carbons (Fsp3) is 0.0588. The predicted molar refractivity (Wildman–Crippen MR) is 86.0 cm³/mol. The SMILES string of the molecule is COC(=O)Oc1c(-c2ccc(Cl)cc2)oc2ccccc2c1=O. The molecule has 0 saturated heterocycles. The molecular weight excluding hydrogens is 320 g/mol. The van der Waals surface area contributed by atoms with E-state index in [2.05, 4.69) is 4.74 Å². The Hall–Kier alpha value is -2.79. The van der Waals surface area contributed by atoms with Crippen LogP contribution in [0.5, 0.6) is 5.75 Å². The van der Waals surface area contributed by atoms with Gasteiger partial charge >= 0.3 is 6.16 Å². The summed E-state index contributed by atoms with van der Waals surface area (Å²) in [4.78, 5) is 24.1. The summed E-state index contributed by atoms with van der Waals surface area (Å²) in [5.41, 5.74) is 0.484. The van der Waals surface area contributed by atoms with E-state index in [0.717, 1.165) is 7.11 Å². The second kappa shape index (κ2) is 6.14. The molecule has 0 aliphatic carbocycles. The van der Waals surface area contributed by atoms with Crippen LogP contribution in [0.2, 0.25) is 5.02 Å². The van der Waals surface area contributed by atoms with Crippen molar-refractivity contribution in [2.24, 2.45) is 0 Å². The molecule has 5 nitrogen and oxygen atoms in total. The molecule has 0 amide bonds. The molecule has 0 unspecified atom stereocenters. The van der Waals surface area contributed by atoms with Gasteiger partial charge in [-0.15, -0.1) is 0 Å². The third-order valence-electron chi connectivity index (χ3n) is 3.21. The van der Waals surface area contributed by atoms with Crippen LogP contribution in [0.25, 0.3) is 22.3 Å². The Bertz CT molecular complexity index is 928. The van der Waals surface area contributed by atoms with E-state index in [9.17, 15) is 9.59 Å². The summed E-state index contributed by atoms with van der Waals surface area (Å²) < 4.78 is 15.3. The van der Waals surface area contributed by atoms with Crippen LogP contribution >= 0.6 is 11.6 Å². The molecule has 6 heteroatoms. The molecule has 0 radical (unpaired) electrons. The summed E-state index contributed by atoms with van der Waals surface area (Å²) >= 11 is 5.87. The minimum atomic E-state index is -0.997. The van der Waals surface area contributed by atoms with Crippen molar-refractivity contribution in [1.82, 2.24) is 0 Å². The maximum absolute atomic E-state index is 12.6. The molecular formula is C17H11ClO5. The third kappa shape index (κ3) is 2.91. The zero-order chi connectivity index (χ0) is 16.4. The lowest BCUT2D eigenvalue weighted by Gasteiger charge is -2.09. The van der Waals surface area contributed by atoms with Crippen LogP contribution in [0, 0.1) is 0 Å². The molecule has 0 aliphatic rings. The summed E-state index contributed by atoms with van der Waals surface area (Å²) in [7, 11) is 1.16. The summed E-state index contributed by atoms with van der Waals surface area (Å²) in [5, 5.41) is 0.844. The van der Waals surface area contributed by atoms with E-state index < -0.39 is 11.6 Å². The molecule has 0 bridgehead atoms. The average Bonchev–Trinajstić information content (AvgIpc) is 2.58. The largest absolute Gasteiger partial charge is 0.513 e. The van der Waals surface area contributed by atoms with Gasteiger partial charge in [-0.1, -0.05) is 23.7 Å². The van der Waals surface area contributed by atoms with Gasteiger partial charge < -0.3 is 13.9 Å². The third-order valence-corrected chi connectivity index (χ3v) is 3.47. The Balaban J connectivity index is 2.29. The summed E-state index contributed by atoms with van der Waals surface area (Å²) in [6, 6.07) is 13.3. The van der Waals surface area contributed by atoms with Gasteiger partial charge in [-0.2, -0.15) is 0 Å². The molecule has 1 aromatic heterocycles. The first-order chi connectivity index (χ1) is 11.1. The topological polar surface area (TPSA) is 65.7 Å². The molecule has 0 N–H and O–H groups in total. The van der Waals surface area contributed by atoms with Crippen LogP contribution < -0.4 is 10.2 Å². The monoisotopic (exact) mass is 330 g/mol. The molecule has 0 atom stereocenters. The Kier molecular flexibility index (Phi) is 4.04. The molecule has 3 rings (SSSR count). The quantitative estimate of drug-likeness (QED) is 0.657. The average molecular weight is 331 g/mol. The minimum absolute atomic E-state index is 0.135. The smallest absolute Gasteiger partial charge is 0.452 e. The van der Waals surface area contributed by atoms with E-state index in [1.807, 2.05) is 0 Å². The van der Waals surface area contributed by atoms with Crippen molar-refractivity contribution in [2.45, 2.75) is 0 Å². The second-order valence-corrected chi connectivity index (χ2v) is 5.09. The fourth-order valence-corrected chi connectivity index (χ4v) is 2.26.